The number of amides is 1. The van der Waals surface area contributed by atoms with Crippen LogP contribution in [-0.2, 0) is 0 Å². The second kappa shape index (κ2) is 7.34. The monoisotopic (exact) mass is 384 g/mol. The van der Waals surface area contributed by atoms with Crippen LogP contribution in [0.1, 0.15) is 36.0 Å². The van der Waals surface area contributed by atoms with E-state index in [1.807, 2.05) is 11.9 Å². The Bertz CT molecular complexity index is 628. The standard InChI is InChI=1S/C19H26Cl2N2O2/c1-22(2)14-5-11-7-15(8-12(11)6-14)23(3)19(24)13-9-16(20)18(25-4)17(21)10-13/h9-12,14-15H,5-8H2,1-4H3/t11-,12+,14?,15?. The summed E-state index contributed by atoms with van der Waals surface area (Å²) in [5.74, 6) is 1.85. The van der Waals surface area contributed by atoms with Crippen LogP contribution in [0, 0.1) is 11.8 Å². The van der Waals surface area contributed by atoms with Crippen LogP contribution in [0.5, 0.6) is 5.75 Å². The summed E-state index contributed by atoms with van der Waals surface area (Å²) in [6.45, 7) is 0. The van der Waals surface area contributed by atoms with Crippen molar-refractivity contribution < 1.29 is 9.53 Å². The number of carbonyl (C=O) groups excluding carboxylic acids is 1. The number of benzene rings is 1. The molecule has 0 N–H and O–H groups in total. The van der Waals surface area contributed by atoms with Crippen molar-refractivity contribution in [3.63, 3.8) is 0 Å². The van der Waals surface area contributed by atoms with Crippen LogP contribution in [0.2, 0.25) is 10.0 Å². The summed E-state index contributed by atoms with van der Waals surface area (Å²) in [6.07, 6.45) is 4.68. The van der Waals surface area contributed by atoms with Gasteiger partial charge in [-0.1, -0.05) is 23.2 Å². The molecule has 0 spiro atoms. The number of hydrogen-bond donors (Lipinski definition) is 0. The molecule has 1 aromatic rings. The molecule has 0 aromatic heterocycles. The summed E-state index contributed by atoms with van der Waals surface area (Å²) in [4.78, 5) is 17.1. The fraction of sp³-hybridized carbons (Fsp3) is 0.632. The molecule has 2 aliphatic rings. The van der Waals surface area contributed by atoms with Crippen LogP contribution >= 0.6 is 23.2 Å². The van der Waals surface area contributed by atoms with Crippen LogP contribution in [0.25, 0.3) is 0 Å². The molecule has 1 aromatic carbocycles. The second-order valence-electron chi connectivity index (χ2n) is 7.62. The summed E-state index contributed by atoms with van der Waals surface area (Å²) in [7, 11) is 7.73. The van der Waals surface area contributed by atoms with Gasteiger partial charge in [-0.2, -0.15) is 0 Å². The van der Waals surface area contributed by atoms with E-state index in [0.29, 0.717) is 33.4 Å². The van der Waals surface area contributed by atoms with E-state index < -0.39 is 0 Å². The van der Waals surface area contributed by atoms with Gasteiger partial charge >= 0.3 is 0 Å². The van der Waals surface area contributed by atoms with E-state index in [1.165, 1.54) is 20.0 Å². The number of halogens is 2. The number of carbonyl (C=O) groups is 1. The number of fused-ring (bicyclic) bond motifs is 1. The van der Waals surface area contributed by atoms with E-state index >= 15 is 0 Å². The highest BCUT2D eigenvalue weighted by atomic mass is 35.5. The summed E-state index contributed by atoms with van der Waals surface area (Å²) >= 11 is 12.4. The summed E-state index contributed by atoms with van der Waals surface area (Å²) < 4.78 is 5.16. The normalized spacial score (nSPS) is 28.3. The molecule has 0 heterocycles. The van der Waals surface area contributed by atoms with E-state index in [2.05, 4.69) is 19.0 Å². The Hall–Kier alpha value is -0.970. The first-order valence-corrected chi connectivity index (χ1v) is 9.54. The molecule has 0 bridgehead atoms. The minimum Gasteiger partial charge on any atom is -0.494 e. The minimum atomic E-state index is -0.0272. The van der Waals surface area contributed by atoms with Crippen LogP contribution in [-0.4, -0.2) is 56.0 Å². The highest BCUT2D eigenvalue weighted by Gasteiger charge is 2.44. The number of hydrogen-bond acceptors (Lipinski definition) is 3. The van der Waals surface area contributed by atoms with Crippen molar-refractivity contribution in [1.82, 2.24) is 9.80 Å². The first-order valence-electron chi connectivity index (χ1n) is 8.78. The van der Waals surface area contributed by atoms with Crippen molar-refractivity contribution in [2.75, 3.05) is 28.3 Å². The average molecular weight is 385 g/mol. The van der Waals surface area contributed by atoms with Gasteiger partial charge in [0.05, 0.1) is 17.2 Å². The molecule has 0 aliphatic heterocycles. The quantitative estimate of drug-likeness (QED) is 0.779. The van der Waals surface area contributed by atoms with Crippen LogP contribution in [0.15, 0.2) is 12.1 Å². The lowest BCUT2D eigenvalue weighted by molar-refractivity contribution is 0.0726. The van der Waals surface area contributed by atoms with Gasteiger partial charge < -0.3 is 14.5 Å². The Morgan fingerprint density at radius 1 is 1.00 bits per heavy atom. The molecule has 2 saturated carbocycles. The molecule has 1 amide bonds. The zero-order valence-electron chi connectivity index (χ0n) is 15.3. The van der Waals surface area contributed by atoms with Gasteiger partial charge in [-0.25, -0.2) is 0 Å². The van der Waals surface area contributed by atoms with Crippen molar-refractivity contribution in [2.24, 2.45) is 11.8 Å². The molecular formula is C19H26Cl2N2O2. The molecule has 4 atom stereocenters. The molecule has 6 heteroatoms. The maximum Gasteiger partial charge on any atom is 0.253 e. The van der Waals surface area contributed by atoms with Gasteiger partial charge in [-0.05, 0) is 63.7 Å². The van der Waals surface area contributed by atoms with E-state index in [4.69, 9.17) is 27.9 Å². The van der Waals surface area contributed by atoms with Gasteiger partial charge in [0, 0.05) is 24.7 Å². The van der Waals surface area contributed by atoms with Gasteiger partial charge in [0.15, 0.2) is 5.75 Å². The van der Waals surface area contributed by atoms with Crippen molar-refractivity contribution in [3.05, 3.63) is 27.7 Å². The minimum absolute atomic E-state index is 0.0272. The van der Waals surface area contributed by atoms with Gasteiger partial charge in [-0.15, -0.1) is 0 Å². The largest absolute Gasteiger partial charge is 0.494 e. The zero-order valence-corrected chi connectivity index (χ0v) is 16.8. The Morgan fingerprint density at radius 3 is 1.92 bits per heavy atom. The van der Waals surface area contributed by atoms with Crippen LogP contribution < -0.4 is 4.74 Å². The zero-order chi connectivity index (χ0) is 18.3. The number of ether oxygens (including phenoxy) is 1. The van der Waals surface area contributed by atoms with Crippen LogP contribution in [0.4, 0.5) is 0 Å². The Balaban J connectivity index is 1.69. The van der Waals surface area contributed by atoms with Crippen LogP contribution in [0.3, 0.4) is 0 Å². The number of nitrogens with zero attached hydrogens (tertiary/aromatic N) is 2. The number of rotatable bonds is 4. The second-order valence-corrected chi connectivity index (χ2v) is 8.44. The molecular weight excluding hydrogens is 359 g/mol. The molecule has 25 heavy (non-hydrogen) atoms. The fourth-order valence-electron chi connectivity index (χ4n) is 4.54. The Kier molecular flexibility index (Phi) is 5.52. The van der Waals surface area contributed by atoms with E-state index in [9.17, 15) is 4.79 Å². The molecule has 4 nitrogen and oxygen atoms in total. The molecule has 2 fully saturated rings. The highest BCUT2D eigenvalue weighted by Crippen LogP contribution is 2.46. The van der Waals surface area contributed by atoms with E-state index in [0.717, 1.165) is 24.7 Å². The topological polar surface area (TPSA) is 32.8 Å². The molecule has 138 valence electrons. The number of methoxy groups -OCH3 is 1. The molecule has 0 saturated heterocycles. The first-order chi connectivity index (χ1) is 11.8. The van der Waals surface area contributed by atoms with Gasteiger partial charge in [0.2, 0.25) is 0 Å². The molecule has 0 radical (unpaired) electrons. The molecule has 2 unspecified atom stereocenters. The SMILES string of the molecule is COc1c(Cl)cc(C(=O)N(C)C2C[C@H]3CC(N(C)C)C[C@H]3C2)cc1Cl. The molecule has 2 aliphatic carbocycles. The Labute approximate surface area is 160 Å². The maximum atomic E-state index is 12.9. The predicted octanol–water partition coefficient (Wildman–Crippen LogP) is 4.19. The molecule has 3 rings (SSSR count). The van der Waals surface area contributed by atoms with E-state index in [1.54, 1.807) is 12.1 Å². The van der Waals surface area contributed by atoms with E-state index in [-0.39, 0.29) is 5.91 Å². The maximum absolute atomic E-state index is 12.9. The fourth-order valence-corrected chi connectivity index (χ4v) is 5.18. The van der Waals surface area contributed by atoms with Crippen molar-refractivity contribution in [2.45, 2.75) is 37.8 Å². The van der Waals surface area contributed by atoms with Crippen molar-refractivity contribution in [3.8, 4) is 5.75 Å². The van der Waals surface area contributed by atoms with Gasteiger partial charge in [0.1, 0.15) is 0 Å². The smallest absolute Gasteiger partial charge is 0.253 e. The predicted molar refractivity (Wildman–Crippen MR) is 102 cm³/mol. The third-order valence-electron chi connectivity index (χ3n) is 6.01. The first kappa shape index (κ1) is 18.8. The summed E-state index contributed by atoms with van der Waals surface area (Å²) in [5, 5.41) is 0.729. The lowest BCUT2D eigenvalue weighted by Gasteiger charge is -2.27. The highest BCUT2D eigenvalue weighted by molar-refractivity contribution is 6.37. The van der Waals surface area contributed by atoms with Crippen molar-refractivity contribution in [1.29, 1.82) is 0 Å². The summed E-state index contributed by atoms with van der Waals surface area (Å²) in [5.41, 5.74) is 0.515. The Morgan fingerprint density at radius 2 is 1.48 bits per heavy atom. The third kappa shape index (κ3) is 3.62. The van der Waals surface area contributed by atoms with Crippen molar-refractivity contribution >= 4 is 29.1 Å². The van der Waals surface area contributed by atoms with Gasteiger partial charge in [0.25, 0.3) is 5.91 Å². The average Bonchev–Trinajstić information content (AvgIpc) is 3.12. The third-order valence-corrected chi connectivity index (χ3v) is 6.58. The summed E-state index contributed by atoms with van der Waals surface area (Å²) in [6, 6.07) is 4.27. The lowest BCUT2D eigenvalue weighted by atomic mass is 10.0. The lowest BCUT2D eigenvalue weighted by Crippen LogP contribution is -2.36. The van der Waals surface area contributed by atoms with Gasteiger partial charge in [-0.3, -0.25) is 4.79 Å².